The molecular formula is C31H48N2. The Balaban J connectivity index is 1.23. The highest BCUT2D eigenvalue weighted by Gasteiger charge is 2.27. The first kappa shape index (κ1) is 25.7. The lowest BCUT2D eigenvalue weighted by Gasteiger charge is -2.27. The monoisotopic (exact) mass is 448 g/mol. The first-order valence-electron chi connectivity index (χ1n) is 14.0. The van der Waals surface area contributed by atoms with Gasteiger partial charge in [-0.25, -0.2) is 0 Å². The average molecular weight is 449 g/mol. The number of nitrogens with zero attached hydrogens (tertiary/aromatic N) is 1. The van der Waals surface area contributed by atoms with Crippen molar-refractivity contribution < 1.29 is 0 Å². The highest BCUT2D eigenvalue weighted by Crippen LogP contribution is 2.37. The third-order valence-electron chi connectivity index (χ3n) is 7.19. The molecule has 0 amide bonds. The second-order valence-corrected chi connectivity index (χ2v) is 10.0. The van der Waals surface area contributed by atoms with Crippen LogP contribution in [-0.4, -0.2) is 6.17 Å². The standard InChI is InChI=1S/C31H48N2/c1-2-3-4-5-6-7-8-9-10-11-12-13-14-15-19-26-31-32-29-24-20-21-25-30(29)33(31)27-28-22-17-16-18-23-28/h16-18,20-25,31-32H,2-15,19,26-27H2,1H3. The van der Waals surface area contributed by atoms with E-state index in [0.29, 0.717) is 6.17 Å². The minimum Gasteiger partial charge on any atom is -0.363 e. The molecular weight excluding hydrogens is 400 g/mol. The van der Waals surface area contributed by atoms with Gasteiger partial charge in [0.1, 0.15) is 0 Å². The molecule has 182 valence electrons. The average Bonchev–Trinajstić information content (AvgIpc) is 3.19. The summed E-state index contributed by atoms with van der Waals surface area (Å²) in [4.78, 5) is 2.56. The summed E-state index contributed by atoms with van der Waals surface area (Å²) in [6, 6.07) is 19.7. The highest BCUT2D eigenvalue weighted by molar-refractivity contribution is 5.75. The molecule has 2 aromatic rings. The summed E-state index contributed by atoms with van der Waals surface area (Å²) in [5, 5.41) is 3.78. The van der Waals surface area contributed by atoms with Crippen molar-refractivity contribution in [3.05, 3.63) is 60.2 Å². The molecule has 0 saturated carbocycles. The quantitative estimate of drug-likeness (QED) is 0.228. The predicted octanol–water partition coefficient (Wildman–Crippen LogP) is 9.71. The van der Waals surface area contributed by atoms with Crippen molar-refractivity contribution in [1.82, 2.24) is 0 Å². The largest absolute Gasteiger partial charge is 0.363 e. The number of hydrogen-bond donors (Lipinski definition) is 1. The molecule has 2 nitrogen and oxygen atoms in total. The predicted molar refractivity (Wildman–Crippen MR) is 146 cm³/mol. The fourth-order valence-corrected chi connectivity index (χ4v) is 5.18. The van der Waals surface area contributed by atoms with E-state index in [1.165, 1.54) is 120 Å². The summed E-state index contributed by atoms with van der Waals surface area (Å²) in [6.07, 6.45) is 23.0. The maximum atomic E-state index is 3.78. The van der Waals surface area contributed by atoms with Crippen molar-refractivity contribution in [2.24, 2.45) is 0 Å². The van der Waals surface area contributed by atoms with Gasteiger partial charge in [0.15, 0.2) is 0 Å². The van der Waals surface area contributed by atoms with Gasteiger partial charge in [0.2, 0.25) is 0 Å². The normalized spacial score (nSPS) is 14.9. The smallest absolute Gasteiger partial charge is 0.0994 e. The molecule has 1 aliphatic rings. The minimum atomic E-state index is 0.421. The second kappa shape index (κ2) is 15.8. The Morgan fingerprint density at radius 2 is 1.12 bits per heavy atom. The molecule has 0 aromatic heterocycles. The van der Waals surface area contributed by atoms with Gasteiger partial charge in [-0.05, 0) is 30.5 Å². The number of fused-ring (bicyclic) bond motifs is 1. The molecule has 0 radical (unpaired) electrons. The zero-order chi connectivity index (χ0) is 23.0. The number of nitrogens with one attached hydrogen (secondary N) is 1. The van der Waals surface area contributed by atoms with Crippen molar-refractivity contribution in [2.45, 2.75) is 122 Å². The van der Waals surface area contributed by atoms with Crippen LogP contribution in [0.15, 0.2) is 54.6 Å². The van der Waals surface area contributed by atoms with E-state index in [2.05, 4.69) is 71.7 Å². The van der Waals surface area contributed by atoms with Gasteiger partial charge in [0, 0.05) is 6.54 Å². The van der Waals surface area contributed by atoms with Crippen LogP contribution in [0.3, 0.4) is 0 Å². The van der Waals surface area contributed by atoms with E-state index in [0.717, 1.165) is 6.54 Å². The Kier molecular flexibility index (Phi) is 12.3. The Labute approximate surface area is 204 Å². The molecule has 1 heterocycles. The molecule has 1 N–H and O–H groups in total. The first-order valence-corrected chi connectivity index (χ1v) is 14.0. The Hall–Kier alpha value is -1.96. The molecule has 0 bridgehead atoms. The van der Waals surface area contributed by atoms with Crippen LogP contribution < -0.4 is 10.2 Å². The third kappa shape index (κ3) is 9.43. The number of anilines is 2. The van der Waals surface area contributed by atoms with Gasteiger partial charge in [-0.15, -0.1) is 0 Å². The maximum absolute atomic E-state index is 3.78. The summed E-state index contributed by atoms with van der Waals surface area (Å²) in [5.41, 5.74) is 4.03. The third-order valence-corrected chi connectivity index (χ3v) is 7.19. The molecule has 0 saturated heterocycles. The van der Waals surface area contributed by atoms with Gasteiger partial charge >= 0.3 is 0 Å². The molecule has 0 fully saturated rings. The fourth-order valence-electron chi connectivity index (χ4n) is 5.18. The molecule has 2 heteroatoms. The number of benzene rings is 2. The molecule has 2 aromatic carbocycles. The lowest BCUT2D eigenvalue weighted by atomic mass is 10.0. The summed E-state index contributed by atoms with van der Waals surface area (Å²) in [6.45, 7) is 3.28. The summed E-state index contributed by atoms with van der Waals surface area (Å²) < 4.78 is 0. The fraction of sp³-hybridized carbons (Fsp3) is 0.613. The number of hydrogen-bond acceptors (Lipinski definition) is 2. The van der Waals surface area contributed by atoms with Crippen LogP contribution in [0.5, 0.6) is 0 Å². The SMILES string of the molecule is CCCCCCCCCCCCCCCCCC1Nc2ccccc2N1Cc1ccccc1. The Bertz CT molecular complexity index is 742. The summed E-state index contributed by atoms with van der Waals surface area (Å²) in [5.74, 6) is 0. The molecule has 0 aliphatic carbocycles. The van der Waals surface area contributed by atoms with Crippen LogP contribution in [0.2, 0.25) is 0 Å². The highest BCUT2D eigenvalue weighted by atomic mass is 15.3. The molecule has 1 aliphatic heterocycles. The van der Waals surface area contributed by atoms with Crippen molar-refractivity contribution >= 4 is 11.4 Å². The van der Waals surface area contributed by atoms with Gasteiger partial charge in [0.25, 0.3) is 0 Å². The Morgan fingerprint density at radius 3 is 1.73 bits per heavy atom. The van der Waals surface area contributed by atoms with E-state index in [-0.39, 0.29) is 0 Å². The van der Waals surface area contributed by atoms with E-state index in [1.54, 1.807) is 0 Å². The zero-order valence-corrected chi connectivity index (χ0v) is 21.2. The number of para-hydroxylation sites is 2. The molecule has 0 spiro atoms. The van der Waals surface area contributed by atoms with Gasteiger partial charge < -0.3 is 10.2 Å². The minimum absolute atomic E-state index is 0.421. The Morgan fingerprint density at radius 1 is 0.606 bits per heavy atom. The number of unbranched alkanes of at least 4 members (excludes halogenated alkanes) is 14. The van der Waals surface area contributed by atoms with Crippen molar-refractivity contribution in [3.8, 4) is 0 Å². The van der Waals surface area contributed by atoms with Gasteiger partial charge in [0.05, 0.1) is 17.5 Å². The maximum Gasteiger partial charge on any atom is 0.0994 e. The first-order chi connectivity index (χ1) is 16.4. The van der Waals surface area contributed by atoms with Gasteiger partial charge in [-0.1, -0.05) is 139 Å². The van der Waals surface area contributed by atoms with E-state index < -0.39 is 0 Å². The van der Waals surface area contributed by atoms with E-state index in [1.807, 2.05) is 0 Å². The van der Waals surface area contributed by atoms with Crippen LogP contribution in [0.25, 0.3) is 0 Å². The topological polar surface area (TPSA) is 15.3 Å². The van der Waals surface area contributed by atoms with Crippen molar-refractivity contribution in [1.29, 1.82) is 0 Å². The van der Waals surface area contributed by atoms with Gasteiger partial charge in [-0.3, -0.25) is 0 Å². The van der Waals surface area contributed by atoms with Crippen LogP contribution in [0.4, 0.5) is 11.4 Å². The second-order valence-electron chi connectivity index (χ2n) is 10.0. The summed E-state index contributed by atoms with van der Waals surface area (Å²) >= 11 is 0. The molecule has 1 unspecified atom stereocenters. The van der Waals surface area contributed by atoms with E-state index >= 15 is 0 Å². The van der Waals surface area contributed by atoms with Gasteiger partial charge in [-0.2, -0.15) is 0 Å². The summed E-state index contributed by atoms with van der Waals surface area (Å²) in [7, 11) is 0. The van der Waals surface area contributed by atoms with E-state index in [4.69, 9.17) is 0 Å². The lowest BCUT2D eigenvalue weighted by molar-refractivity contribution is 0.517. The zero-order valence-electron chi connectivity index (χ0n) is 21.2. The lowest BCUT2D eigenvalue weighted by Crippen LogP contribution is -2.35. The van der Waals surface area contributed by atoms with Crippen LogP contribution in [0, 0.1) is 0 Å². The number of rotatable bonds is 18. The molecule has 33 heavy (non-hydrogen) atoms. The van der Waals surface area contributed by atoms with E-state index in [9.17, 15) is 0 Å². The van der Waals surface area contributed by atoms with Crippen molar-refractivity contribution in [2.75, 3.05) is 10.2 Å². The molecule has 1 atom stereocenters. The molecule has 3 rings (SSSR count). The van der Waals surface area contributed by atoms with Crippen LogP contribution in [0.1, 0.15) is 115 Å². The van der Waals surface area contributed by atoms with Crippen LogP contribution >= 0.6 is 0 Å². The van der Waals surface area contributed by atoms with Crippen molar-refractivity contribution in [3.63, 3.8) is 0 Å². The van der Waals surface area contributed by atoms with Crippen LogP contribution in [-0.2, 0) is 6.54 Å².